The van der Waals surface area contributed by atoms with Crippen molar-refractivity contribution < 1.29 is 4.39 Å². The fraction of sp³-hybridized carbons (Fsp3) is 0.389. The van der Waals surface area contributed by atoms with Gasteiger partial charge in [-0.2, -0.15) is 5.10 Å². The average Bonchev–Trinajstić information content (AvgIpc) is 3.12. The van der Waals surface area contributed by atoms with Crippen LogP contribution < -0.4 is 0 Å². The molecule has 0 amide bonds. The molecule has 0 bridgehead atoms. The van der Waals surface area contributed by atoms with E-state index in [2.05, 4.69) is 20.0 Å². The van der Waals surface area contributed by atoms with Gasteiger partial charge in [0.15, 0.2) is 0 Å². The van der Waals surface area contributed by atoms with Crippen molar-refractivity contribution in [1.29, 1.82) is 0 Å². The van der Waals surface area contributed by atoms with Crippen LogP contribution in [0.1, 0.15) is 24.8 Å². The molecule has 1 aliphatic rings. The van der Waals surface area contributed by atoms with Crippen LogP contribution in [-0.2, 0) is 13.1 Å². The lowest BCUT2D eigenvalue weighted by molar-refractivity contribution is 0.122. The predicted octanol–water partition coefficient (Wildman–Crippen LogP) is 3.02. The second-order valence-electron chi connectivity index (χ2n) is 6.34. The number of aromatic nitrogens is 4. The number of nitrogens with zero attached hydrogens (tertiary/aromatic N) is 5. The normalized spacial score (nSPS) is 19.0. The Labute approximate surface area is 140 Å². The maximum Gasteiger partial charge on any atom is 0.137 e. The minimum absolute atomic E-state index is 0.209. The summed E-state index contributed by atoms with van der Waals surface area (Å²) in [6, 6.07) is 7.42. The van der Waals surface area contributed by atoms with Gasteiger partial charge >= 0.3 is 0 Å². The Morgan fingerprint density at radius 3 is 3.04 bits per heavy atom. The molecule has 5 nitrogen and oxygen atoms in total. The molecule has 0 radical (unpaired) electrons. The van der Waals surface area contributed by atoms with E-state index in [4.69, 9.17) is 0 Å². The van der Waals surface area contributed by atoms with E-state index in [0.29, 0.717) is 11.4 Å². The smallest absolute Gasteiger partial charge is 0.137 e. The SMILES string of the molecule is Fc1ccc(CN2CCCC[C@H]2Cn2cncn2)c2ncccc12. The highest BCUT2D eigenvalue weighted by Crippen LogP contribution is 2.25. The molecule has 6 heteroatoms. The second-order valence-corrected chi connectivity index (χ2v) is 6.34. The van der Waals surface area contributed by atoms with Crippen LogP contribution in [0.15, 0.2) is 43.1 Å². The zero-order valence-electron chi connectivity index (χ0n) is 13.5. The fourth-order valence-electron chi connectivity index (χ4n) is 3.56. The number of halogens is 1. The first-order chi connectivity index (χ1) is 11.8. The molecule has 2 aromatic heterocycles. The van der Waals surface area contributed by atoms with Gasteiger partial charge in [0, 0.05) is 24.2 Å². The largest absolute Gasteiger partial charge is 0.294 e. The highest BCUT2D eigenvalue weighted by Gasteiger charge is 2.24. The maximum atomic E-state index is 14.0. The summed E-state index contributed by atoms with van der Waals surface area (Å²) in [4.78, 5) is 10.9. The summed E-state index contributed by atoms with van der Waals surface area (Å²) in [5, 5.41) is 4.83. The molecule has 0 spiro atoms. The minimum Gasteiger partial charge on any atom is -0.294 e. The molecule has 0 aliphatic carbocycles. The first-order valence-electron chi connectivity index (χ1n) is 8.40. The van der Waals surface area contributed by atoms with Crippen molar-refractivity contribution in [3.63, 3.8) is 0 Å². The van der Waals surface area contributed by atoms with Gasteiger partial charge in [0.25, 0.3) is 0 Å². The molecule has 1 aromatic carbocycles. The van der Waals surface area contributed by atoms with Gasteiger partial charge in [-0.05, 0) is 43.1 Å². The van der Waals surface area contributed by atoms with Gasteiger partial charge in [-0.25, -0.2) is 9.37 Å². The Morgan fingerprint density at radius 2 is 2.17 bits per heavy atom. The zero-order chi connectivity index (χ0) is 16.4. The quantitative estimate of drug-likeness (QED) is 0.740. The van der Waals surface area contributed by atoms with Crippen LogP contribution in [0.2, 0.25) is 0 Å². The second kappa shape index (κ2) is 6.65. The van der Waals surface area contributed by atoms with E-state index in [9.17, 15) is 4.39 Å². The van der Waals surface area contributed by atoms with E-state index in [1.807, 2.05) is 10.7 Å². The lowest BCUT2D eigenvalue weighted by Crippen LogP contribution is -2.41. The first-order valence-corrected chi connectivity index (χ1v) is 8.40. The van der Waals surface area contributed by atoms with Crippen molar-refractivity contribution in [3.8, 4) is 0 Å². The summed E-state index contributed by atoms with van der Waals surface area (Å²) in [5.41, 5.74) is 1.85. The lowest BCUT2D eigenvalue weighted by Gasteiger charge is -2.35. The third-order valence-electron chi connectivity index (χ3n) is 4.79. The molecule has 0 saturated carbocycles. The number of rotatable bonds is 4. The standard InChI is InChI=1S/C18H20FN5/c19-17-7-6-14(18-16(17)5-3-8-21-18)10-23-9-2-1-4-15(23)11-24-13-20-12-22-24/h3,5-8,12-13,15H,1-2,4,9-11H2/t15-/m0/s1. The molecule has 3 heterocycles. The van der Waals surface area contributed by atoms with Crippen molar-refractivity contribution in [3.05, 3.63) is 54.5 Å². The van der Waals surface area contributed by atoms with Crippen LogP contribution in [0, 0.1) is 5.82 Å². The number of fused-ring (bicyclic) bond motifs is 1. The van der Waals surface area contributed by atoms with Gasteiger partial charge in [-0.15, -0.1) is 0 Å². The summed E-state index contributed by atoms with van der Waals surface area (Å²) in [6.07, 6.45) is 8.64. The van der Waals surface area contributed by atoms with Crippen LogP contribution >= 0.6 is 0 Å². The molecular weight excluding hydrogens is 305 g/mol. The van der Waals surface area contributed by atoms with Gasteiger partial charge in [0.1, 0.15) is 18.5 Å². The monoisotopic (exact) mass is 325 g/mol. The maximum absolute atomic E-state index is 14.0. The van der Waals surface area contributed by atoms with Crippen LogP contribution in [0.4, 0.5) is 4.39 Å². The molecule has 0 unspecified atom stereocenters. The molecule has 124 valence electrons. The Kier molecular flexibility index (Phi) is 4.21. The number of likely N-dealkylation sites (tertiary alicyclic amines) is 1. The van der Waals surface area contributed by atoms with Crippen molar-refractivity contribution >= 4 is 10.9 Å². The van der Waals surface area contributed by atoms with Gasteiger partial charge in [0.2, 0.25) is 0 Å². The van der Waals surface area contributed by atoms with Crippen LogP contribution in [0.25, 0.3) is 10.9 Å². The third-order valence-corrected chi connectivity index (χ3v) is 4.79. The van der Waals surface area contributed by atoms with Crippen molar-refractivity contribution in [2.24, 2.45) is 0 Å². The molecule has 1 saturated heterocycles. The zero-order valence-corrected chi connectivity index (χ0v) is 13.5. The van der Waals surface area contributed by atoms with Crippen molar-refractivity contribution in [2.75, 3.05) is 6.54 Å². The summed E-state index contributed by atoms with van der Waals surface area (Å²) in [7, 11) is 0. The third kappa shape index (κ3) is 3.01. The molecule has 1 atom stereocenters. The van der Waals surface area contributed by atoms with Crippen molar-refractivity contribution in [1.82, 2.24) is 24.6 Å². The summed E-state index contributed by atoms with van der Waals surface area (Å²) >= 11 is 0. The van der Waals surface area contributed by atoms with Crippen LogP contribution in [0.3, 0.4) is 0 Å². The first kappa shape index (κ1) is 15.2. The molecule has 24 heavy (non-hydrogen) atoms. The molecular formula is C18H20FN5. The van der Waals surface area contributed by atoms with E-state index >= 15 is 0 Å². The van der Waals surface area contributed by atoms with E-state index < -0.39 is 0 Å². The topological polar surface area (TPSA) is 46.8 Å². The molecule has 1 fully saturated rings. The van der Waals surface area contributed by atoms with E-state index in [1.54, 1.807) is 37.1 Å². The predicted molar refractivity (Wildman–Crippen MR) is 89.8 cm³/mol. The van der Waals surface area contributed by atoms with Gasteiger partial charge < -0.3 is 0 Å². The molecule has 1 aliphatic heterocycles. The van der Waals surface area contributed by atoms with Gasteiger partial charge in [-0.1, -0.05) is 12.5 Å². The van der Waals surface area contributed by atoms with E-state index in [1.165, 1.54) is 12.8 Å². The fourth-order valence-corrected chi connectivity index (χ4v) is 3.56. The molecule has 3 aromatic rings. The highest BCUT2D eigenvalue weighted by molar-refractivity contribution is 5.82. The van der Waals surface area contributed by atoms with Crippen LogP contribution in [0.5, 0.6) is 0 Å². The van der Waals surface area contributed by atoms with E-state index in [-0.39, 0.29) is 5.82 Å². The van der Waals surface area contributed by atoms with Gasteiger partial charge in [0.05, 0.1) is 12.1 Å². The van der Waals surface area contributed by atoms with Gasteiger partial charge in [-0.3, -0.25) is 14.6 Å². The Hall–Kier alpha value is -2.34. The Balaban J connectivity index is 1.60. The molecule has 4 rings (SSSR count). The summed E-state index contributed by atoms with van der Waals surface area (Å²) in [6.45, 7) is 2.67. The molecule has 0 N–H and O–H groups in total. The number of piperidine rings is 1. The average molecular weight is 325 g/mol. The minimum atomic E-state index is -0.209. The lowest BCUT2D eigenvalue weighted by atomic mass is 10.00. The Morgan fingerprint density at radius 1 is 1.21 bits per heavy atom. The number of hydrogen-bond donors (Lipinski definition) is 0. The van der Waals surface area contributed by atoms with Crippen LogP contribution in [-0.4, -0.2) is 37.2 Å². The summed E-state index contributed by atoms with van der Waals surface area (Å²) < 4.78 is 15.9. The number of benzene rings is 1. The van der Waals surface area contributed by atoms with Crippen molar-refractivity contribution in [2.45, 2.75) is 38.4 Å². The number of hydrogen-bond acceptors (Lipinski definition) is 4. The highest BCUT2D eigenvalue weighted by atomic mass is 19.1. The Bertz CT molecular complexity index is 817. The number of pyridine rings is 1. The van der Waals surface area contributed by atoms with E-state index in [0.717, 1.165) is 37.1 Å². The summed E-state index contributed by atoms with van der Waals surface area (Å²) in [5.74, 6) is -0.209.